The van der Waals surface area contributed by atoms with Crippen molar-refractivity contribution in [1.82, 2.24) is 0 Å². The Labute approximate surface area is 89.5 Å². The van der Waals surface area contributed by atoms with Crippen molar-refractivity contribution in [1.29, 1.82) is 0 Å². The molecule has 1 rings (SSSR count). The second-order valence-electron chi connectivity index (χ2n) is 2.35. The van der Waals surface area contributed by atoms with Crippen molar-refractivity contribution >= 4 is 17.8 Å². The summed E-state index contributed by atoms with van der Waals surface area (Å²) in [5, 5.41) is 0. The average Bonchev–Trinajstić information content (AvgIpc) is 2.31. The first-order valence-corrected chi connectivity index (χ1v) is 5.30. The molecular formula is C11H16FNS. The molecule has 0 unspecified atom stereocenters. The monoisotopic (exact) mass is 213 g/mol. The Bertz CT molecular complexity index is 280. The molecule has 0 saturated heterocycles. The quantitative estimate of drug-likeness (QED) is 0.803. The molecule has 0 amide bonds. The molecule has 0 radical (unpaired) electrons. The van der Waals surface area contributed by atoms with E-state index in [1.165, 1.54) is 0 Å². The van der Waals surface area contributed by atoms with Crippen LogP contribution in [0.15, 0.2) is 35.2 Å². The second kappa shape index (κ2) is 7.44. The number of rotatable bonds is 2. The highest BCUT2D eigenvalue weighted by atomic mass is 32.2. The molecule has 0 aliphatic carbocycles. The fraction of sp³-hybridized carbons (Fsp3) is 0.273. The van der Waals surface area contributed by atoms with Crippen molar-refractivity contribution in [2.45, 2.75) is 25.7 Å². The summed E-state index contributed by atoms with van der Waals surface area (Å²) in [5.41, 5.74) is 7.29. The largest absolute Gasteiger partial charge is 0.399 e. The molecule has 0 aliphatic rings. The van der Waals surface area contributed by atoms with Crippen LogP contribution in [-0.2, 0) is 0 Å². The topological polar surface area (TPSA) is 26.0 Å². The van der Waals surface area contributed by atoms with E-state index in [2.05, 4.69) is 0 Å². The summed E-state index contributed by atoms with van der Waals surface area (Å²) in [5.74, 6) is 0. The summed E-state index contributed by atoms with van der Waals surface area (Å²) in [7, 11) is 0. The van der Waals surface area contributed by atoms with Crippen LogP contribution in [0.4, 0.5) is 3.89 Å². The predicted octanol–water partition coefficient (Wildman–Crippen LogP) is 4.01. The van der Waals surface area contributed by atoms with E-state index in [1.807, 2.05) is 26.8 Å². The summed E-state index contributed by atoms with van der Waals surface area (Å²) in [6.45, 7) is 5.87. The second-order valence-corrected chi connectivity index (χ2v) is 2.97. The minimum absolute atomic E-state index is 0.237. The van der Waals surface area contributed by atoms with Crippen molar-refractivity contribution in [3.05, 3.63) is 35.9 Å². The van der Waals surface area contributed by atoms with Gasteiger partial charge in [-0.1, -0.05) is 32.1 Å². The number of hydrogen-bond donors (Lipinski definition) is 1. The maximum absolute atomic E-state index is 12.0. The molecule has 1 nitrogen and oxygen atoms in total. The molecule has 0 aromatic heterocycles. The third-order valence-corrected chi connectivity index (χ3v) is 2.04. The van der Waals surface area contributed by atoms with Gasteiger partial charge >= 0.3 is 0 Å². The van der Waals surface area contributed by atoms with E-state index in [-0.39, 0.29) is 12.1 Å². The molecule has 78 valence electrons. The molecule has 14 heavy (non-hydrogen) atoms. The number of halogens is 1. The molecule has 0 atom stereocenters. The average molecular weight is 213 g/mol. The Morgan fingerprint density at radius 3 is 2.14 bits per heavy atom. The number of benzene rings is 1. The molecule has 2 N–H and O–H groups in total. The normalized spacial score (nSPS) is 10.4. The van der Waals surface area contributed by atoms with E-state index in [0.29, 0.717) is 10.6 Å². The Hall–Kier alpha value is -0.960. The van der Waals surface area contributed by atoms with Gasteiger partial charge in [0.15, 0.2) is 0 Å². The van der Waals surface area contributed by atoms with Crippen LogP contribution in [0.3, 0.4) is 0 Å². The zero-order valence-electron chi connectivity index (χ0n) is 8.75. The van der Waals surface area contributed by atoms with Gasteiger partial charge in [-0.25, -0.2) is 0 Å². The zero-order chi connectivity index (χ0) is 11.0. The summed E-state index contributed by atoms with van der Waals surface area (Å²) in [4.78, 5) is 0.600. The van der Waals surface area contributed by atoms with Crippen LogP contribution in [0.5, 0.6) is 0 Å². The summed E-state index contributed by atoms with van der Waals surface area (Å²) in [6.07, 6.45) is 1.82. The van der Waals surface area contributed by atoms with Gasteiger partial charge in [-0.2, -0.15) is 3.89 Å². The van der Waals surface area contributed by atoms with Crippen molar-refractivity contribution in [3.8, 4) is 0 Å². The standard InChI is InChI=1S/C9H10FNS.C2H6/c1-2-9(11)7-3-5-8(12-10)6-4-7;1-2/h2-6H,11H2,1H3;1-2H3/b9-2-;. The molecule has 0 bridgehead atoms. The minimum Gasteiger partial charge on any atom is -0.399 e. The van der Waals surface area contributed by atoms with E-state index in [1.54, 1.807) is 24.3 Å². The number of allylic oxidation sites excluding steroid dienone is 1. The number of hydrogen-bond acceptors (Lipinski definition) is 2. The Morgan fingerprint density at radius 2 is 1.79 bits per heavy atom. The third kappa shape index (κ3) is 3.83. The fourth-order valence-electron chi connectivity index (χ4n) is 0.865. The van der Waals surface area contributed by atoms with Crippen LogP contribution in [-0.4, -0.2) is 0 Å². The lowest BCUT2D eigenvalue weighted by Crippen LogP contribution is -1.94. The lowest BCUT2D eigenvalue weighted by Gasteiger charge is -2.00. The van der Waals surface area contributed by atoms with Crippen LogP contribution in [0.2, 0.25) is 0 Å². The highest BCUT2D eigenvalue weighted by Gasteiger charge is 1.95. The van der Waals surface area contributed by atoms with Gasteiger partial charge in [-0.15, -0.1) is 0 Å². The molecule has 0 heterocycles. The molecule has 0 spiro atoms. The van der Waals surface area contributed by atoms with E-state index in [9.17, 15) is 3.89 Å². The van der Waals surface area contributed by atoms with E-state index in [4.69, 9.17) is 5.73 Å². The van der Waals surface area contributed by atoms with E-state index >= 15 is 0 Å². The minimum atomic E-state index is 0.237. The van der Waals surface area contributed by atoms with Crippen LogP contribution in [0.1, 0.15) is 26.3 Å². The predicted molar refractivity (Wildman–Crippen MR) is 62.6 cm³/mol. The smallest absolute Gasteiger partial charge is 0.0812 e. The zero-order valence-corrected chi connectivity index (χ0v) is 9.57. The Kier molecular flexibility index (Phi) is 6.93. The van der Waals surface area contributed by atoms with E-state index in [0.717, 1.165) is 5.56 Å². The Balaban J connectivity index is 0.000000791. The Morgan fingerprint density at radius 1 is 1.29 bits per heavy atom. The van der Waals surface area contributed by atoms with Gasteiger partial charge in [-0.3, -0.25) is 0 Å². The van der Waals surface area contributed by atoms with Crippen LogP contribution in [0, 0.1) is 0 Å². The van der Waals surface area contributed by atoms with Crippen LogP contribution < -0.4 is 5.73 Å². The van der Waals surface area contributed by atoms with Gasteiger partial charge in [0.2, 0.25) is 0 Å². The summed E-state index contributed by atoms with van der Waals surface area (Å²) in [6, 6.07) is 7.02. The maximum Gasteiger partial charge on any atom is 0.0812 e. The third-order valence-electron chi connectivity index (χ3n) is 1.59. The molecule has 0 saturated carbocycles. The van der Waals surface area contributed by atoms with Gasteiger partial charge in [0.25, 0.3) is 0 Å². The molecule has 3 heteroatoms. The molecule has 0 aliphatic heterocycles. The fourth-order valence-corrected chi connectivity index (χ4v) is 1.10. The van der Waals surface area contributed by atoms with Gasteiger partial charge in [0.05, 0.1) is 12.1 Å². The first kappa shape index (κ1) is 13.0. The van der Waals surface area contributed by atoms with Crippen molar-refractivity contribution in [2.24, 2.45) is 5.73 Å². The van der Waals surface area contributed by atoms with Crippen LogP contribution >= 0.6 is 12.1 Å². The lowest BCUT2D eigenvalue weighted by molar-refractivity contribution is 0.934. The SMILES string of the molecule is C/C=C(\N)c1ccc(SF)cc1.CC. The molecule has 0 fully saturated rings. The van der Waals surface area contributed by atoms with Gasteiger partial charge in [0.1, 0.15) is 0 Å². The van der Waals surface area contributed by atoms with Gasteiger partial charge in [0, 0.05) is 10.6 Å². The van der Waals surface area contributed by atoms with Crippen molar-refractivity contribution in [2.75, 3.05) is 0 Å². The highest BCUT2D eigenvalue weighted by molar-refractivity contribution is 7.94. The molecular weight excluding hydrogens is 197 g/mol. The summed E-state index contributed by atoms with van der Waals surface area (Å²) >= 11 is 0.237. The molecule has 1 aromatic carbocycles. The van der Waals surface area contributed by atoms with Gasteiger partial charge in [-0.05, 0) is 24.6 Å². The first-order valence-electron chi connectivity index (χ1n) is 4.58. The van der Waals surface area contributed by atoms with Crippen LogP contribution in [0.25, 0.3) is 5.70 Å². The van der Waals surface area contributed by atoms with E-state index < -0.39 is 0 Å². The van der Waals surface area contributed by atoms with Gasteiger partial charge < -0.3 is 5.73 Å². The summed E-state index contributed by atoms with van der Waals surface area (Å²) < 4.78 is 12.0. The van der Waals surface area contributed by atoms with Crippen molar-refractivity contribution < 1.29 is 3.89 Å². The highest BCUT2D eigenvalue weighted by Crippen LogP contribution is 2.20. The molecule has 1 aromatic rings. The lowest BCUT2D eigenvalue weighted by atomic mass is 10.1. The maximum atomic E-state index is 12.0. The first-order chi connectivity index (χ1) is 6.77. The number of nitrogens with two attached hydrogens (primary N) is 1. The van der Waals surface area contributed by atoms with Crippen molar-refractivity contribution in [3.63, 3.8) is 0 Å².